The first kappa shape index (κ1) is 9.84. The average Bonchev–Trinajstić information content (AvgIpc) is 2.03. The van der Waals surface area contributed by atoms with Crippen LogP contribution >= 0.6 is 22.6 Å². The monoisotopic (exact) mass is 276 g/mol. The van der Waals surface area contributed by atoms with Gasteiger partial charge < -0.3 is 4.74 Å². The summed E-state index contributed by atoms with van der Waals surface area (Å²) in [5.41, 5.74) is 1.28. The summed E-state index contributed by atoms with van der Waals surface area (Å²) in [5.74, 6) is 1.54. The molecule has 0 heterocycles. The molecule has 0 aliphatic rings. The SMILES string of the molecule is COc1c(I)cccc1C(C)C. The number of para-hydroxylation sites is 1. The molecule has 0 N–H and O–H groups in total. The van der Waals surface area contributed by atoms with E-state index in [1.807, 2.05) is 0 Å². The minimum Gasteiger partial charge on any atom is -0.495 e. The van der Waals surface area contributed by atoms with Gasteiger partial charge in [-0.05, 0) is 40.1 Å². The van der Waals surface area contributed by atoms with Crippen LogP contribution in [0, 0.1) is 3.57 Å². The number of ether oxygens (including phenoxy) is 1. The Labute approximate surface area is 87.3 Å². The molecule has 0 atom stereocenters. The van der Waals surface area contributed by atoms with Crippen molar-refractivity contribution < 1.29 is 4.74 Å². The summed E-state index contributed by atoms with van der Waals surface area (Å²) in [6, 6.07) is 6.25. The Hall–Kier alpha value is -0.250. The van der Waals surface area contributed by atoms with Crippen LogP contribution in [-0.4, -0.2) is 7.11 Å². The van der Waals surface area contributed by atoms with Crippen molar-refractivity contribution in [2.75, 3.05) is 7.11 Å². The van der Waals surface area contributed by atoms with Gasteiger partial charge in [-0.1, -0.05) is 26.0 Å². The molecule has 0 spiro atoms. The minimum absolute atomic E-state index is 0.523. The van der Waals surface area contributed by atoms with Crippen molar-refractivity contribution in [2.24, 2.45) is 0 Å². The summed E-state index contributed by atoms with van der Waals surface area (Å²) in [7, 11) is 1.73. The van der Waals surface area contributed by atoms with Gasteiger partial charge in [0.15, 0.2) is 0 Å². The summed E-state index contributed by atoms with van der Waals surface area (Å²) >= 11 is 2.29. The summed E-state index contributed by atoms with van der Waals surface area (Å²) in [5, 5.41) is 0. The quantitative estimate of drug-likeness (QED) is 0.752. The second-order valence-electron chi connectivity index (χ2n) is 3.02. The molecular formula is C10H13IO. The molecule has 0 aromatic heterocycles. The summed E-state index contributed by atoms with van der Waals surface area (Å²) in [4.78, 5) is 0. The van der Waals surface area contributed by atoms with Crippen molar-refractivity contribution in [1.82, 2.24) is 0 Å². The fraction of sp³-hybridized carbons (Fsp3) is 0.400. The normalized spacial score (nSPS) is 10.4. The predicted octanol–water partition coefficient (Wildman–Crippen LogP) is 3.42. The molecule has 12 heavy (non-hydrogen) atoms. The zero-order chi connectivity index (χ0) is 9.14. The molecule has 0 saturated carbocycles. The van der Waals surface area contributed by atoms with E-state index < -0.39 is 0 Å². The minimum atomic E-state index is 0.523. The molecule has 1 aromatic carbocycles. The van der Waals surface area contributed by atoms with Crippen LogP contribution in [0.3, 0.4) is 0 Å². The van der Waals surface area contributed by atoms with E-state index in [4.69, 9.17) is 4.74 Å². The van der Waals surface area contributed by atoms with Crippen LogP contribution in [0.1, 0.15) is 25.3 Å². The van der Waals surface area contributed by atoms with Crippen LogP contribution in [0.15, 0.2) is 18.2 Å². The fourth-order valence-corrected chi connectivity index (χ4v) is 1.93. The highest BCUT2D eigenvalue weighted by Gasteiger charge is 2.08. The Kier molecular flexibility index (Phi) is 3.38. The second kappa shape index (κ2) is 4.12. The lowest BCUT2D eigenvalue weighted by Crippen LogP contribution is -1.95. The Morgan fingerprint density at radius 1 is 1.33 bits per heavy atom. The number of methoxy groups -OCH3 is 1. The Morgan fingerprint density at radius 2 is 2.00 bits per heavy atom. The third-order valence-corrected chi connectivity index (χ3v) is 2.67. The Morgan fingerprint density at radius 3 is 2.42 bits per heavy atom. The van der Waals surface area contributed by atoms with Crippen LogP contribution in [0.2, 0.25) is 0 Å². The molecule has 1 nitrogen and oxygen atoms in total. The van der Waals surface area contributed by atoms with E-state index in [0.717, 1.165) is 5.75 Å². The van der Waals surface area contributed by atoms with Crippen LogP contribution < -0.4 is 4.74 Å². The largest absolute Gasteiger partial charge is 0.495 e. The molecule has 1 aromatic rings. The van der Waals surface area contributed by atoms with Crippen molar-refractivity contribution in [1.29, 1.82) is 0 Å². The molecule has 0 aliphatic carbocycles. The number of rotatable bonds is 2. The summed E-state index contributed by atoms with van der Waals surface area (Å²) in [6.45, 7) is 4.35. The maximum absolute atomic E-state index is 5.33. The highest BCUT2D eigenvalue weighted by molar-refractivity contribution is 14.1. The smallest absolute Gasteiger partial charge is 0.135 e. The molecule has 66 valence electrons. The molecule has 0 bridgehead atoms. The highest BCUT2D eigenvalue weighted by atomic mass is 127. The van der Waals surface area contributed by atoms with Gasteiger partial charge in [0.25, 0.3) is 0 Å². The molecule has 0 radical (unpaired) electrons. The van der Waals surface area contributed by atoms with Crippen molar-refractivity contribution in [3.05, 3.63) is 27.3 Å². The number of benzene rings is 1. The van der Waals surface area contributed by atoms with Crippen LogP contribution in [0.25, 0.3) is 0 Å². The van der Waals surface area contributed by atoms with Gasteiger partial charge in [0.2, 0.25) is 0 Å². The molecule has 0 aliphatic heterocycles. The maximum atomic E-state index is 5.33. The van der Waals surface area contributed by atoms with E-state index in [1.54, 1.807) is 7.11 Å². The van der Waals surface area contributed by atoms with Gasteiger partial charge in [-0.3, -0.25) is 0 Å². The van der Waals surface area contributed by atoms with Crippen molar-refractivity contribution in [2.45, 2.75) is 19.8 Å². The van der Waals surface area contributed by atoms with E-state index in [1.165, 1.54) is 9.13 Å². The molecular weight excluding hydrogens is 263 g/mol. The average molecular weight is 276 g/mol. The highest BCUT2D eigenvalue weighted by Crippen LogP contribution is 2.30. The second-order valence-corrected chi connectivity index (χ2v) is 4.18. The third kappa shape index (κ3) is 1.91. The van der Waals surface area contributed by atoms with Crippen LogP contribution in [-0.2, 0) is 0 Å². The lowest BCUT2D eigenvalue weighted by atomic mass is 10.0. The first-order chi connectivity index (χ1) is 5.66. The van der Waals surface area contributed by atoms with E-state index in [-0.39, 0.29) is 0 Å². The fourth-order valence-electron chi connectivity index (χ4n) is 1.20. The van der Waals surface area contributed by atoms with Crippen molar-refractivity contribution >= 4 is 22.6 Å². The van der Waals surface area contributed by atoms with Gasteiger partial charge in [-0.2, -0.15) is 0 Å². The topological polar surface area (TPSA) is 9.23 Å². The first-order valence-electron chi connectivity index (χ1n) is 3.99. The zero-order valence-electron chi connectivity index (χ0n) is 7.60. The molecule has 0 amide bonds. The van der Waals surface area contributed by atoms with Gasteiger partial charge in [0.05, 0.1) is 10.7 Å². The molecule has 0 saturated heterocycles. The lowest BCUT2D eigenvalue weighted by molar-refractivity contribution is 0.404. The van der Waals surface area contributed by atoms with Gasteiger partial charge >= 0.3 is 0 Å². The zero-order valence-corrected chi connectivity index (χ0v) is 9.75. The van der Waals surface area contributed by atoms with Gasteiger partial charge in [0.1, 0.15) is 5.75 Å². The standard InChI is InChI=1S/C10H13IO/c1-7(2)8-5-4-6-9(11)10(8)12-3/h4-7H,1-3H3. The maximum Gasteiger partial charge on any atom is 0.135 e. The van der Waals surface area contributed by atoms with Crippen molar-refractivity contribution in [3.63, 3.8) is 0 Å². The Balaban J connectivity index is 3.18. The lowest BCUT2D eigenvalue weighted by Gasteiger charge is -2.12. The summed E-state index contributed by atoms with van der Waals surface area (Å²) in [6.07, 6.45) is 0. The van der Waals surface area contributed by atoms with Crippen LogP contribution in [0.5, 0.6) is 5.75 Å². The van der Waals surface area contributed by atoms with Crippen molar-refractivity contribution in [3.8, 4) is 5.75 Å². The third-order valence-electron chi connectivity index (χ3n) is 1.82. The van der Waals surface area contributed by atoms with E-state index in [2.05, 4.69) is 54.6 Å². The number of halogens is 1. The molecule has 0 fully saturated rings. The number of hydrogen-bond donors (Lipinski definition) is 0. The molecule has 2 heteroatoms. The number of hydrogen-bond acceptors (Lipinski definition) is 1. The first-order valence-corrected chi connectivity index (χ1v) is 5.07. The van der Waals surface area contributed by atoms with Gasteiger partial charge in [-0.15, -0.1) is 0 Å². The van der Waals surface area contributed by atoms with Gasteiger partial charge in [0, 0.05) is 0 Å². The van der Waals surface area contributed by atoms with Crippen LogP contribution in [0.4, 0.5) is 0 Å². The van der Waals surface area contributed by atoms with E-state index in [9.17, 15) is 0 Å². The van der Waals surface area contributed by atoms with E-state index in [0.29, 0.717) is 5.92 Å². The molecule has 1 rings (SSSR count). The molecule has 0 unspecified atom stereocenters. The van der Waals surface area contributed by atoms with Gasteiger partial charge in [-0.25, -0.2) is 0 Å². The van der Waals surface area contributed by atoms with E-state index >= 15 is 0 Å². The Bertz CT molecular complexity index is 269. The summed E-state index contributed by atoms with van der Waals surface area (Å²) < 4.78 is 6.51. The predicted molar refractivity (Wildman–Crippen MR) is 59.8 cm³/mol.